The second kappa shape index (κ2) is 7.70. The average molecular weight is 383 g/mol. The number of nitrogens with one attached hydrogen (secondary N) is 1. The van der Waals surface area contributed by atoms with E-state index in [1.165, 1.54) is 6.07 Å². The second-order valence-electron chi connectivity index (χ2n) is 4.71. The van der Waals surface area contributed by atoms with Gasteiger partial charge in [0.05, 0.1) is 13.2 Å². The Balaban J connectivity index is 1.82. The van der Waals surface area contributed by atoms with Gasteiger partial charge in [-0.15, -0.1) is 0 Å². The summed E-state index contributed by atoms with van der Waals surface area (Å²) >= 11 is 3.05. The highest BCUT2D eigenvalue weighted by Crippen LogP contribution is 2.25. The highest BCUT2D eigenvalue weighted by atomic mass is 79.9. The Kier molecular flexibility index (Phi) is 6.20. The highest BCUT2D eigenvalue weighted by Gasteiger charge is 2.22. The molecule has 2 N–H and O–H groups in total. The number of aliphatic hydroxyl groups excluding tert-OH is 1. The molecule has 0 aliphatic carbocycles. The van der Waals surface area contributed by atoms with Crippen LogP contribution in [0.4, 0.5) is 0 Å². The van der Waals surface area contributed by atoms with Crippen molar-refractivity contribution in [1.29, 1.82) is 0 Å². The van der Waals surface area contributed by atoms with Crippen LogP contribution in [0.2, 0.25) is 0 Å². The maximum atomic E-state index is 12.1. The van der Waals surface area contributed by atoms with Crippen LogP contribution in [0.5, 0.6) is 0 Å². The van der Waals surface area contributed by atoms with E-state index in [1.54, 1.807) is 0 Å². The van der Waals surface area contributed by atoms with E-state index < -0.39 is 10.0 Å². The van der Waals surface area contributed by atoms with Crippen LogP contribution in [0.15, 0.2) is 20.0 Å². The lowest BCUT2D eigenvalue weighted by atomic mass is 10.3. The molecule has 9 heteroatoms. The average Bonchev–Trinajstić information content (AvgIpc) is 2.87. The first-order valence-electron chi connectivity index (χ1n) is 6.72. The molecule has 0 aromatic carbocycles. The molecule has 0 spiro atoms. The lowest BCUT2D eigenvalue weighted by Gasteiger charge is -2.26. The highest BCUT2D eigenvalue weighted by molar-refractivity contribution is 9.10. The summed E-state index contributed by atoms with van der Waals surface area (Å²) in [6.07, 6.45) is 0.724. The summed E-state index contributed by atoms with van der Waals surface area (Å²) in [6, 6.07) is 1.31. The van der Waals surface area contributed by atoms with Gasteiger partial charge < -0.3 is 14.3 Å². The first kappa shape index (κ1) is 16.9. The number of rotatable bonds is 7. The van der Waals surface area contributed by atoms with Crippen LogP contribution in [0.3, 0.4) is 0 Å². The van der Waals surface area contributed by atoms with Gasteiger partial charge in [-0.3, -0.25) is 4.90 Å². The molecule has 0 amide bonds. The quantitative estimate of drug-likeness (QED) is 0.668. The molecule has 1 aliphatic rings. The Hall–Kier alpha value is -0.450. The molecule has 0 atom stereocenters. The summed E-state index contributed by atoms with van der Waals surface area (Å²) in [6.45, 7) is 4.09. The fourth-order valence-electron chi connectivity index (χ4n) is 2.07. The van der Waals surface area contributed by atoms with Crippen LogP contribution in [-0.2, 0) is 21.4 Å². The van der Waals surface area contributed by atoms with Gasteiger partial charge in [0, 0.05) is 25.7 Å². The number of sulfonamides is 1. The number of halogens is 1. The van der Waals surface area contributed by atoms with E-state index in [-0.39, 0.29) is 21.9 Å². The first-order valence-corrected chi connectivity index (χ1v) is 8.99. The topological polar surface area (TPSA) is 92.0 Å². The molecule has 1 aromatic heterocycles. The van der Waals surface area contributed by atoms with Gasteiger partial charge >= 0.3 is 0 Å². The van der Waals surface area contributed by atoms with Crippen molar-refractivity contribution in [2.24, 2.45) is 0 Å². The standard InChI is InChI=1S/C12H19BrN2O5S/c13-12-11(8-10(9-16)20-12)21(17,18)14-2-1-3-15-4-6-19-7-5-15/h8,14,16H,1-7,9H2. The smallest absolute Gasteiger partial charge is 0.244 e. The maximum absolute atomic E-state index is 12.1. The number of morpholine rings is 1. The van der Waals surface area contributed by atoms with E-state index in [1.807, 2.05) is 0 Å². The van der Waals surface area contributed by atoms with Gasteiger partial charge in [-0.2, -0.15) is 0 Å². The van der Waals surface area contributed by atoms with E-state index >= 15 is 0 Å². The molecule has 1 fully saturated rings. The zero-order valence-electron chi connectivity index (χ0n) is 11.5. The third-order valence-corrected chi connectivity index (χ3v) is 5.52. The normalized spacial score (nSPS) is 17.2. The molecular weight excluding hydrogens is 364 g/mol. The lowest BCUT2D eigenvalue weighted by molar-refractivity contribution is 0.0376. The molecule has 1 saturated heterocycles. The van der Waals surface area contributed by atoms with Gasteiger partial charge in [0.25, 0.3) is 0 Å². The summed E-state index contributed by atoms with van der Waals surface area (Å²) in [5.41, 5.74) is 0. The summed E-state index contributed by atoms with van der Waals surface area (Å²) in [5.74, 6) is 0.204. The second-order valence-corrected chi connectivity index (χ2v) is 7.17. The van der Waals surface area contributed by atoms with E-state index in [0.717, 1.165) is 39.3 Å². The molecule has 7 nitrogen and oxygen atoms in total. The van der Waals surface area contributed by atoms with Crippen molar-refractivity contribution in [3.8, 4) is 0 Å². The number of hydrogen-bond acceptors (Lipinski definition) is 6. The Labute approximate surface area is 132 Å². The predicted octanol–water partition coefficient (Wildman–Crippen LogP) is 0.535. The van der Waals surface area contributed by atoms with Gasteiger partial charge in [-0.05, 0) is 28.9 Å². The zero-order chi connectivity index (χ0) is 15.3. The number of nitrogens with zero attached hydrogens (tertiary/aromatic N) is 1. The van der Waals surface area contributed by atoms with Crippen LogP contribution in [0.1, 0.15) is 12.2 Å². The third-order valence-electron chi connectivity index (χ3n) is 3.20. The van der Waals surface area contributed by atoms with Crippen molar-refractivity contribution in [3.05, 3.63) is 16.5 Å². The molecular formula is C12H19BrN2O5S. The van der Waals surface area contributed by atoms with Crippen molar-refractivity contribution in [3.63, 3.8) is 0 Å². The van der Waals surface area contributed by atoms with Crippen molar-refractivity contribution in [2.45, 2.75) is 17.9 Å². The fraction of sp³-hybridized carbons (Fsp3) is 0.667. The van der Waals surface area contributed by atoms with Gasteiger partial charge in [-0.1, -0.05) is 0 Å². The van der Waals surface area contributed by atoms with Crippen molar-refractivity contribution in [1.82, 2.24) is 9.62 Å². The third kappa shape index (κ3) is 4.76. The molecule has 1 aromatic rings. The minimum absolute atomic E-state index is 0.0120. The minimum Gasteiger partial charge on any atom is -0.450 e. The Morgan fingerprint density at radius 3 is 2.71 bits per heavy atom. The van der Waals surface area contributed by atoms with E-state index in [2.05, 4.69) is 25.6 Å². The SMILES string of the molecule is O=S(=O)(NCCCN1CCOCC1)c1cc(CO)oc1Br. The van der Waals surface area contributed by atoms with E-state index in [0.29, 0.717) is 6.54 Å². The molecule has 1 aliphatic heterocycles. The molecule has 0 radical (unpaired) electrons. The maximum Gasteiger partial charge on any atom is 0.244 e. The van der Waals surface area contributed by atoms with Gasteiger partial charge in [0.15, 0.2) is 4.67 Å². The number of hydrogen-bond donors (Lipinski definition) is 2. The largest absolute Gasteiger partial charge is 0.450 e. The summed E-state index contributed by atoms with van der Waals surface area (Å²) < 4.78 is 37.2. The fourth-order valence-corrected chi connectivity index (χ4v) is 4.14. The predicted molar refractivity (Wildman–Crippen MR) is 79.4 cm³/mol. The summed E-state index contributed by atoms with van der Waals surface area (Å²) in [7, 11) is -3.63. The minimum atomic E-state index is -3.63. The van der Waals surface area contributed by atoms with Gasteiger partial charge in [-0.25, -0.2) is 13.1 Å². The van der Waals surface area contributed by atoms with E-state index in [4.69, 9.17) is 14.3 Å². The molecule has 2 rings (SSSR count). The van der Waals surface area contributed by atoms with Crippen LogP contribution in [0, 0.1) is 0 Å². The van der Waals surface area contributed by atoms with Crippen LogP contribution in [0.25, 0.3) is 0 Å². The van der Waals surface area contributed by atoms with Crippen LogP contribution >= 0.6 is 15.9 Å². The Bertz CT molecular complexity index is 554. The number of furan rings is 1. The Morgan fingerprint density at radius 1 is 1.38 bits per heavy atom. The van der Waals surface area contributed by atoms with Crippen molar-refractivity contribution < 1.29 is 22.7 Å². The van der Waals surface area contributed by atoms with E-state index in [9.17, 15) is 8.42 Å². The molecule has 2 heterocycles. The molecule has 120 valence electrons. The van der Waals surface area contributed by atoms with Crippen molar-refractivity contribution in [2.75, 3.05) is 39.4 Å². The monoisotopic (exact) mass is 382 g/mol. The number of aliphatic hydroxyl groups is 1. The van der Waals surface area contributed by atoms with Gasteiger partial charge in [0.1, 0.15) is 17.3 Å². The molecule has 0 unspecified atom stereocenters. The first-order chi connectivity index (χ1) is 10.0. The molecule has 0 bridgehead atoms. The molecule has 21 heavy (non-hydrogen) atoms. The van der Waals surface area contributed by atoms with Crippen LogP contribution < -0.4 is 4.72 Å². The number of ether oxygens (including phenoxy) is 1. The van der Waals surface area contributed by atoms with Crippen LogP contribution in [-0.4, -0.2) is 57.8 Å². The van der Waals surface area contributed by atoms with Gasteiger partial charge in [0.2, 0.25) is 10.0 Å². The summed E-state index contributed by atoms with van der Waals surface area (Å²) in [4.78, 5) is 2.26. The Morgan fingerprint density at radius 2 is 2.10 bits per heavy atom. The summed E-state index contributed by atoms with van der Waals surface area (Å²) in [5, 5.41) is 8.95. The van der Waals surface area contributed by atoms with Crippen molar-refractivity contribution >= 4 is 26.0 Å². The zero-order valence-corrected chi connectivity index (χ0v) is 14.0. The molecule has 0 saturated carbocycles. The lowest BCUT2D eigenvalue weighted by Crippen LogP contribution is -2.38.